The van der Waals surface area contributed by atoms with E-state index in [9.17, 15) is 4.79 Å². The Balaban J connectivity index is 1.76. The van der Waals surface area contributed by atoms with Crippen LogP contribution in [0.1, 0.15) is 38.4 Å². The molecular formula is C16H20ClN3O. The molecule has 1 aliphatic rings. The number of hydrogen-bond acceptors (Lipinski definition) is 3. The lowest BCUT2D eigenvalue weighted by atomic mass is 10.00. The summed E-state index contributed by atoms with van der Waals surface area (Å²) < 4.78 is 0. The van der Waals surface area contributed by atoms with E-state index in [1.807, 2.05) is 0 Å². The largest absolute Gasteiger partial charge is 0.309 e. The van der Waals surface area contributed by atoms with Crippen LogP contribution in [0.15, 0.2) is 23.0 Å². The van der Waals surface area contributed by atoms with E-state index < -0.39 is 0 Å². The lowest BCUT2D eigenvalue weighted by molar-refractivity contribution is 0.377. The molecule has 21 heavy (non-hydrogen) atoms. The molecule has 5 heteroatoms. The number of nitrogens with one attached hydrogen (secondary N) is 2. The molecule has 0 aliphatic heterocycles. The van der Waals surface area contributed by atoms with Crippen LogP contribution in [0.2, 0.25) is 5.02 Å². The van der Waals surface area contributed by atoms with E-state index in [1.165, 1.54) is 25.7 Å². The lowest BCUT2D eigenvalue weighted by Crippen LogP contribution is -2.33. The summed E-state index contributed by atoms with van der Waals surface area (Å²) in [5.41, 5.74) is 0.540. The molecule has 0 bridgehead atoms. The van der Waals surface area contributed by atoms with E-state index in [4.69, 9.17) is 11.6 Å². The zero-order valence-electron chi connectivity index (χ0n) is 12.2. The van der Waals surface area contributed by atoms with Gasteiger partial charge in [-0.15, -0.1) is 0 Å². The summed E-state index contributed by atoms with van der Waals surface area (Å²) in [6.45, 7) is 2.79. The summed E-state index contributed by atoms with van der Waals surface area (Å²) in [6, 6.07) is 5.60. The van der Waals surface area contributed by atoms with Gasteiger partial charge in [0, 0.05) is 11.1 Å². The minimum absolute atomic E-state index is 0.109. The summed E-state index contributed by atoms with van der Waals surface area (Å²) >= 11 is 5.97. The van der Waals surface area contributed by atoms with E-state index in [1.54, 1.807) is 18.2 Å². The van der Waals surface area contributed by atoms with Crippen molar-refractivity contribution >= 4 is 22.5 Å². The number of nitrogens with zero attached hydrogens (tertiary/aromatic N) is 1. The van der Waals surface area contributed by atoms with Gasteiger partial charge in [-0.3, -0.25) is 4.79 Å². The summed E-state index contributed by atoms with van der Waals surface area (Å²) in [4.78, 5) is 19.4. The molecule has 1 fully saturated rings. The van der Waals surface area contributed by atoms with Gasteiger partial charge in [-0.05, 0) is 43.9 Å². The van der Waals surface area contributed by atoms with E-state index >= 15 is 0 Å². The number of aromatic nitrogens is 2. The second-order valence-corrected chi connectivity index (χ2v) is 6.32. The first-order chi connectivity index (χ1) is 10.1. The molecule has 1 atom stereocenters. The Kier molecular flexibility index (Phi) is 4.27. The van der Waals surface area contributed by atoms with Crippen molar-refractivity contribution in [2.45, 2.75) is 45.2 Å². The third-order valence-corrected chi connectivity index (χ3v) is 4.65. The van der Waals surface area contributed by atoms with Gasteiger partial charge in [-0.25, -0.2) is 4.98 Å². The van der Waals surface area contributed by atoms with Crippen molar-refractivity contribution in [3.8, 4) is 0 Å². The van der Waals surface area contributed by atoms with E-state index in [2.05, 4.69) is 22.2 Å². The molecule has 0 radical (unpaired) electrons. The molecule has 0 spiro atoms. The maximum Gasteiger partial charge on any atom is 0.258 e. The van der Waals surface area contributed by atoms with Crippen molar-refractivity contribution in [2.75, 3.05) is 0 Å². The predicted molar refractivity (Wildman–Crippen MR) is 85.6 cm³/mol. The molecule has 2 aromatic rings. The van der Waals surface area contributed by atoms with E-state index in [-0.39, 0.29) is 5.56 Å². The highest BCUT2D eigenvalue weighted by Gasteiger charge is 2.21. The standard InChI is InChI=1S/C16H20ClN3O/c1-10(11-4-2-3-5-11)18-9-15-19-14-8-12(17)6-7-13(14)16(21)20-15/h6-8,10-11,18H,2-5,9H2,1H3,(H,19,20,21)/t10-/m1/s1. The average Bonchev–Trinajstić information content (AvgIpc) is 2.98. The zero-order valence-corrected chi connectivity index (χ0v) is 12.9. The normalized spacial score (nSPS) is 17.4. The van der Waals surface area contributed by atoms with Crippen molar-refractivity contribution in [3.63, 3.8) is 0 Å². The van der Waals surface area contributed by atoms with Gasteiger partial charge in [0.2, 0.25) is 0 Å². The van der Waals surface area contributed by atoms with Crippen LogP contribution in [0.25, 0.3) is 10.9 Å². The Morgan fingerprint density at radius 2 is 2.19 bits per heavy atom. The third-order valence-electron chi connectivity index (χ3n) is 4.42. The third kappa shape index (κ3) is 3.27. The Morgan fingerprint density at radius 3 is 2.95 bits per heavy atom. The first-order valence-electron chi connectivity index (χ1n) is 7.55. The zero-order chi connectivity index (χ0) is 14.8. The monoisotopic (exact) mass is 305 g/mol. The molecule has 1 aromatic heterocycles. The van der Waals surface area contributed by atoms with Crippen LogP contribution in [0.4, 0.5) is 0 Å². The van der Waals surface area contributed by atoms with Crippen molar-refractivity contribution in [2.24, 2.45) is 5.92 Å². The van der Waals surface area contributed by atoms with Crippen LogP contribution in [0.3, 0.4) is 0 Å². The van der Waals surface area contributed by atoms with Crippen molar-refractivity contribution in [1.82, 2.24) is 15.3 Å². The highest BCUT2D eigenvalue weighted by atomic mass is 35.5. The molecular weight excluding hydrogens is 286 g/mol. The van der Waals surface area contributed by atoms with Gasteiger partial charge in [0.25, 0.3) is 5.56 Å². The van der Waals surface area contributed by atoms with Gasteiger partial charge in [0.1, 0.15) is 5.82 Å². The lowest BCUT2D eigenvalue weighted by Gasteiger charge is -2.20. The summed E-state index contributed by atoms with van der Waals surface area (Å²) in [5.74, 6) is 1.41. The first-order valence-corrected chi connectivity index (χ1v) is 7.93. The van der Waals surface area contributed by atoms with E-state index in [0.717, 1.165) is 5.92 Å². The van der Waals surface area contributed by atoms with Gasteiger partial charge < -0.3 is 10.3 Å². The van der Waals surface area contributed by atoms with Gasteiger partial charge in [0.05, 0.1) is 17.4 Å². The predicted octanol–water partition coefficient (Wildman–Crippen LogP) is 3.24. The number of hydrogen-bond donors (Lipinski definition) is 2. The van der Waals surface area contributed by atoms with Gasteiger partial charge >= 0.3 is 0 Å². The van der Waals surface area contributed by atoms with Crippen LogP contribution < -0.4 is 10.9 Å². The Bertz CT molecular complexity index is 691. The first kappa shape index (κ1) is 14.5. The molecule has 2 N–H and O–H groups in total. The fraction of sp³-hybridized carbons (Fsp3) is 0.500. The molecule has 1 saturated carbocycles. The minimum atomic E-state index is -0.109. The molecule has 0 saturated heterocycles. The highest BCUT2D eigenvalue weighted by molar-refractivity contribution is 6.31. The van der Waals surface area contributed by atoms with Gasteiger partial charge in [0.15, 0.2) is 0 Å². The van der Waals surface area contributed by atoms with Crippen molar-refractivity contribution < 1.29 is 0 Å². The number of fused-ring (bicyclic) bond motifs is 1. The minimum Gasteiger partial charge on any atom is -0.309 e. The van der Waals surface area contributed by atoms with Crippen LogP contribution in [0.5, 0.6) is 0 Å². The summed E-state index contributed by atoms with van der Waals surface area (Å²) in [7, 11) is 0. The number of benzene rings is 1. The molecule has 4 nitrogen and oxygen atoms in total. The average molecular weight is 306 g/mol. The molecule has 0 amide bonds. The maximum absolute atomic E-state index is 12.0. The van der Waals surface area contributed by atoms with Crippen LogP contribution in [-0.2, 0) is 6.54 Å². The molecule has 112 valence electrons. The molecule has 3 rings (SSSR count). The van der Waals surface area contributed by atoms with Crippen LogP contribution in [0, 0.1) is 5.92 Å². The molecule has 0 unspecified atom stereocenters. The second kappa shape index (κ2) is 6.16. The fourth-order valence-electron chi connectivity index (χ4n) is 3.13. The summed E-state index contributed by atoms with van der Waals surface area (Å²) in [5, 5.41) is 4.65. The Morgan fingerprint density at radius 1 is 1.43 bits per heavy atom. The smallest absolute Gasteiger partial charge is 0.258 e. The quantitative estimate of drug-likeness (QED) is 0.911. The molecule has 1 heterocycles. The SMILES string of the molecule is C[C@@H](NCc1nc2cc(Cl)ccc2c(=O)[nH]1)C1CCCC1. The summed E-state index contributed by atoms with van der Waals surface area (Å²) in [6.07, 6.45) is 5.26. The number of H-pyrrole nitrogens is 1. The molecule has 1 aliphatic carbocycles. The van der Waals surface area contributed by atoms with Gasteiger partial charge in [-0.1, -0.05) is 24.4 Å². The highest BCUT2D eigenvalue weighted by Crippen LogP contribution is 2.27. The van der Waals surface area contributed by atoms with E-state index in [0.29, 0.717) is 34.3 Å². The second-order valence-electron chi connectivity index (χ2n) is 5.89. The van der Waals surface area contributed by atoms with Crippen molar-refractivity contribution in [1.29, 1.82) is 0 Å². The Hall–Kier alpha value is -1.39. The fourth-order valence-corrected chi connectivity index (χ4v) is 3.29. The number of aromatic amines is 1. The number of halogens is 1. The van der Waals surface area contributed by atoms with Crippen molar-refractivity contribution in [3.05, 3.63) is 39.4 Å². The Labute approximate surface area is 128 Å². The van der Waals surface area contributed by atoms with Crippen LogP contribution >= 0.6 is 11.6 Å². The topological polar surface area (TPSA) is 57.8 Å². The maximum atomic E-state index is 12.0. The number of rotatable bonds is 4. The molecule has 1 aromatic carbocycles. The van der Waals surface area contributed by atoms with Gasteiger partial charge in [-0.2, -0.15) is 0 Å². The van der Waals surface area contributed by atoms with Crippen LogP contribution in [-0.4, -0.2) is 16.0 Å².